The third-order valence-electron chi connectivity index (χ3n) is 5.26. The van der Waals surface area contributed by atoms with Crippen molar-refractivity contribution >= 4 is 17.8 Å². The molecule has 158 valence electrons. The van der Waals surface area contributed by atoms with Gasteiger partial charge >= 0.3 is 5.97 Å². The smallest absolute Gasteiger partial charge is 0.320 e. The van der Waals surface area contributed by atoms with Crippen LogP contribution < -0.4 is 5.32 Å². The van der Waals surface area contributed by atoms with Crippen molar-refractivity contribution in [2.45, 2.75) is 38.8 Å². The standard InChI is InChI=1S/C24H28N2O4/c1-17(2)22(18-10-5-3-6-11-18)30-21(27)16-26-15-9-14-20(26)24(29)25-23(28)19-12-7-4-8-13-19/h3-8,10-13,17,20,22H,9,14-16H2,1-2H3,(H,25,28,29)/t20-,22+/m0/s1. The second kappa shape index (κ2) is 10.2. The SMILES string of the molecule is CC(C)[C@@H](OC(=O)CN1CCC[C@H]1C(=O)NC(=O)c1ccccc1)c1ccccc1. The van der Waals surface area contributed by atoms with E-state index < -0.39 is 11.9 Å². The Bertz CT molecular complexity index is 867. The van der Waals surface area contributed by atoms with Crippen molar-refractivity contribution in [3.05, 3.63) is 71.8 Å². The summed E-state index contributed by atoms with van der Waals surface area (Å²) in [4.78, 5) is 39.3. The van der Waals surface area contributed by atoms with E-state index in [-0.39, 0.29) is 30.4 Å². The molecule has 30 heavy (non-hydrogen) atoms. The molecule has 2 aromatic rings. The second-order valence-corrected chi connectivity index (χ2v) is 7.88. The lowest BCUT2D eigenvalue weighted by molar-refractivity contribution is -0.153. The summed E-state index contributed by atoms with van der Waals surface area (Å²) >= 11 is 0. The van der Waals surface area contributed by atoms with Gasteiger partial charge in [-0.1, -0.05) is 62.4 Å². The van der Waals surface area contributed by atoms with Crippen LogP contribution in [0.5, 0.6) is 0 Å². The Morgan fingerprint density at radius 1 is 1.03 bits per heavy atom. The zero-order chi connectivity index (χ0) is 21.5. The molecule has 2 amide bonds. The predicted octanol–water partition coefficient (Wildman–Crippen LogP) is 3.35. The van der Waals surface area contributed by atoms with E-state index >= 15 is 0 Å². The highest BCUT2D eigenvalue weighted by Gasteiger charge is 2.34. The summed E-state index contributed by atoms with van der Waals surface area (Å²) in [5, 5.41) is 2.45. The van der Waals surface area contributed by atoms with Crippen LogP contribution in [0, 0.1) is 5.92 Å². The Labute approximate surface area is 177 Å². The number of likely N-dealkylation sites (tertiary alicyclic amines) is 1. The number of benzene rings is 2. The van der Waals surface area contributed by atoms with E-state index in [1.54, 1.807) is 29.2 Å². The van der Waals surface area contributed by atoms with Gasteiger partial charge in [-0.15, -0.1) is 0 Å². The number of nitrogens with one attached hydrogen (secondary N) is 1. The lowest BCUT2D eigenvalue weighted by atomic mass is 9.99. The minimum absolute atomic E-state index is 0.0215. The quantitative estimate of drug-likeness (QED) is 0.562. The average molecular weight is 408 g/mol. The molecule has 2 atom stereocenters. The highest BCUT2D eigenvalue weighted by Crippen LogP contribution is 2.26. The van der Waals surface area contributed by atoms with Crippen LogP contribution in [-0.4, -0.2) is 41.8 Å². The summed E-state index contributed by atoms with van der Waals surface area (Å²) in [6.07, 6.45) is 1.05. The minimum atomic E-state index is -0.514. The summed E-state index contributed by atoms with van der Waals surface area (Å²) in [7, 11) is 0. The van der Waals surface area contributed by atoms with E-state index in [4.69, 9.17) is 4.74 Å². The topological polar surface area (TPSA) is 75.7 Å². The molecule has 1 N–H and O–H groups in total. The molecule has 0 radical (unpaired) electrons. The summed E-state index contributed by atoms with van der Waals surface area (Å²) < 4.78 is 5.76. The maximum absolute atomic E-state index is 12.6. The zero-order valence-electron chi connectivity index (χ0n) is 17.4. The van der Waals surface area contributed by atoms with Crippen LogP contribution in [0.3, 0.4) is 0 Å². The van der Waals surface area contributed by atoms with Crippen molar-refractivity contribution in [2.24, 2.45) is 5.92 Å². The number of rotatable bonds is 7. The van der Waals surface area contributed by atoms with Gasteiger partial charge in [0.25, 0.3) is 5.91 Å². The number of hydrogen-bond donors (Lipinski definition) is 1. The average Bonchev–Trinajstić information content (AvgIpc) is 3.21. The first-order chi connectivity index (χ1) is 14.5. The largest absolute Gasteiger partial charge is 0.456 e. The van der Waals surface area contributed by atoms with Gasteiger partial charge in [0.2, 0.25) is 5.91 Å². The fourth-order valence-electron chi connectivity index (χ4n) is 3.75. The third-order valence-corrected chi connectivity index (χ3v) is 5.26. The zero-order valence-corrected chi connectivity index (χ0v) is 17.4. The van der Waals surface area contributed by atoms with E-state index in [9.17, 15) is 14.4 Å². The number of carbonyl (C=O) groups excluding carboxylic acids is 3. The van der Waals surface area contributed by atoms with Crippen LogP contribution >= 0.6 is 0 Å². The molecule has 6 heteroatoms. The van der Waals surface area contributed by atoms with Gasteiger partial charge in [0.1, 0.15) is 6.10 Å². The number of esters is 1. The number of amides is 2. The molecule has 0 unspecified atom stereocenters. The lowest BCUT2D eigenvalue weighted by Gasteiger charge is -2.26. The first kappa shape index (κ1) is 21.7. The summed E-state index contributed by atoms with van der Waals surface area (Å²) in [6.45, 7) is 4.65. The second-order valence-electron chi connectivity index (χ2n) is 7.88. The molecular formula is C24H28N2O4. The van der Waals surface area contributed by atoms with Gasteiger partial charge < -0.3 is 4.74 Å². The molecule has 6 nitrogen and oxygen atoms in total. The first-order valence-corrected chi connectivity index (χ1v) is 10.3. The number of hydrogen-bond acceptors (Lipinski definition) is 5. The number of imide groups is 1. The monoisotopic (exact) mass is 408 g/mol. The van der Waals surface area contributed by atoms with Gasteiger partial charge in [0.15, 0.2) is 0 Å². The Hall–Kier alpha value is -2.99. The van der Waals surface area contributed by atoms with Gasteiger partial charge in [-0.3, -0.25) is 24.6 Å². The van der Waals surface area contributed by atoms with Gasteiger partial charge in [0, 0.05) is 5.56 Å². The fraction of sp³-hybridized carbons (Fsp3) is 0.375. The number of carbonyl (C=O) groups is 3. The van der Waals surface area contributed by atoms with Crippen molar-refractivity contribution in [3.63, 3.8) is 0 Å². The van der Waals surface area contributed by atoms with Crippen LogP contribution in [0.4, 0.5) is 0 Å². The predicted molar refractivity (Wildman–Crippen MR) is 114 cm³/mol. The maximum Gasteiger partial charge on any atom is 0.320 e. The van der Waals surface area contributed by atoms with Crippen molar-refractivity contribution in [1.29, 1.82) is 0 Å². The molecule has 0 bridgehead atoms. The van der Waals surface area contributed by atoms with Crippen molar-refractivity contribution < 1.29 is 19.1 Å². The van der Waals surface area contributed by atoms with Gasteiger partial charge in [-0.25, -0.2) is 0 Å². The Kier molecular flexibility index (Phi) is 7.36. The van der Waals surface area contributed by atoms with Crippen LogP contribution in [0.1, 0.15) is 48.7 Å². The molecule has 0 saturated carbocycles. The fourth-order valence-corrected chi connectivity index (χ4v) is 3.75. The molecule has 0 aromatic heterocycles. The third kappa shape index (κ3) is 5.54. The van der Waals surface area contributed by atoms with Gasteiger partial charge in [0.05, 0.1) is 12.6 Å². The highest BCUT2D eigenvalue weighted by atomic mass is 16.5. The summed E-state index contributed by atoms with van der Waals surface area (Å²) in [6, 6.07) is 17.7. The van der Waals surface area contributed by atoms with Crippen LogP contribution in [0.2, 0.25) is 0 Å². The Morgan fingerprint density at radius 2 is 1.67 bits per heavy atom. The van der Waals surface area contributed by atoms with Crippen LogP contribution in [0.15, 0.2) is 60.7 Å². The minimum Gasteiger partial charge on any atom is -0.456 e. The van der Waals surface area contributed by atoms with Crippen molar-refractivity contribution in [2.75, 3.05) is 13.1 Å². The van der Waals surface area contributed by atoms with E-state index in [0.717, 1.165) is 12.0 Å². The first-order valence-electron chi connectivity index (χ1n) is 10.3. The normalized spacial score (nSPS) is 17.5. The molecule has 2 aromatic carbocycles. The molecule has 1 heterocycles. The van der Waals surface area contributed by atoms with E-state index in [1.807, 2.05) is 50.2 Å². The molecular weight excluding hydrogens is 380 g/mol. The Balaban J connectivity index is 1.59. The summed E-state index contributed by atoms with van der Waals surface area (Å²) in [5.41, 5.74) is 1.38. The Morgan fingerprint density at radius 3 is 2.30 bits per heavy atom. The molecule has 1 saturated heterocycles. The summed E-state index contributed by atoms with van der Waals surface area (Å²) in [5.74, 6) is -1.05. The molecule has 0 aliphatic carbocycles. The molecule has 0 spiro atoms. The van der Waals surface area contributed by atoms with Gasteiger partial charge in [-0.05, 0) is 43.0 Å². The van der Waals surface area contributed by atoms with Gasteiger partial charge in [-0.2, -0.15) is 0 Å². The van der Waals surface area contributed by atoms with Crippen LogP contribution in [0.25, 0.3) is 0 Å². The van der Waals surface area contributed by atoms with E-state index in [0.29, 0.717) is 18.5 Å². The molecule has 1 fully saturated rings. The van der Waals surface area contributed by atoms with E-state index in [2.05, 4.69) is 5.32 Å². The molecule has 3 rings (SSSR count). The lowest BCUT2D eigenvalue weighted by Crippen LogP contribution is -2.47. The van der Waals surface area contributed by atoms with Crippen LogP contribution in [-0.2, 0) is 14.3 Å². The van der Waals surface area contributed by atoms with Crippen molar-refractivity contribution in [3.8, 4) is 0 Å². The highest BCUT2D eigenvalue weighted by molar-refractivity contribution is 6.06. The van der Waals surface area contributed by atoms with Crippen molar-refractivity contribution in [1.82, 2.24) is 10.2 Å². The van der Waals surface area contributed by atoms with E-state index in [1.165, 1.54) is 0 Å². The maximum atomic E-state index is 12.6. The number of nitrogens with zero attached hydrogens (tertiary/aromatic N) is 1. The molecule has 1 aliphatic rings. The molecule has 1 aliphatic heterocycles. The number of ether oxygens (including phenoxy) is 1.